The van der Waals surface area contributed by atoms with Crippen LogP contribution < -0.4 is 10.2 Å². The van der Waals surface area contributed by atoms with Crippen LogP contribution in [0.15, 0.2) is 78.9 Å². The van der Waals surface area contributed by atoms with E-state index in [9.17, 15) is 19.7 Å². The second kappa shape index (κ2) is 10.3. The van der Waals surface area contributed by atoms with Gasteiger partial charge in [-0.25, -0.2) is 4.90 Å². The molecule has 3 aromatic rings. The molecule has 7 heteroatoms. The molecule has 36 heavy (non-hydrogen) atoms. The van der Waals surface area contributed by atoms with E-state index in [1.165, 1.54) is 17.2 Å². The average molecular weight is 484 g/mol. The van der Waals surface area contributed by atoms with Crippen LogP contribution in [0.2, 0.25) is 0 Å². The van der Waals surface area contributed by atoms with E-state index >= 15 is 0 Å². The van der Waals surface area contributed by atoms with E-state index in [4.69, 9.17) is 0 Å². The van der Waals surface area contributed by atoms with E-state index in [-0.39, 0.29) is 40.9 Å². The third-order valence-corrected chi connectivity index (χ3v) is 7.43. The molecule has 0 bridgehead atoms. The molecule has 5 rings (SSSR count). The summed E-state index contributed by atoms with van der Waals surface area (Å²) < 4.78 is 0. The number of carbonyl (C=O) groups excluding carboxylic acids is 2. The van der Waals surface area contributed by atoms with Crippen LogP contribution in [0.4, 0.5) is 17.1 Å². The fraction of sp³-hybridized carbons (Fsp3) is 0.310. The van der Waals surface area contributed by atoms with Crippen LogP contribution in [-0.4, -0.2) is 23.3 Å². The number of fused-ring (bicyclic) bond motifs is 1. The van der Waals surface area contributed by atoms with Gasteiger partial charge in [-0.2, -0.15) is 0 Å². The van der Waals surface area contributed by atoms with Crippen LogP contribution >= 0.6 is 0 Å². The van der Waals surface area contributed by atoms with E-state index in [0.29, 0.717) is 25.1 Å². The van der Waals surface area contributed by atoms with Crippen molar-refractivity contribution in [3.05, 3.63) is 100 Å². The molecule has 2 aliphatic rings. The second-order valence-electron chi connectivity index (χ2n) is 9.56. The van der Waals surface area contributed by atoms with Crippen LogP contribution in [0.5, 0.6) is 0 Å². The lowest BCUT2D eigenvalue weighted by molar-refractivity contribution is -0.383. The van der Waals surface area contributed by atoms with Gasteiger partial charge in [0.05, 0.1) is 22.4 Å². The molecule has 1 aliphatic heterocycles. The number of nitrogens with zero attached hydrogens (tertiary/aromatic N) is 2. The molecule has 2 atom stereocenters. The quantitative estimate of drug-likeness (QED) is 0.244. The first-order chi connectivity index (χ1) is 17.5. The number of rotatable bonds is 8. The lowest BCUT2D eigenvalue weighted by Gasteiger charge is -2.19. The summed E-state index contributed by atoms with van der Waals surface area (Å²) in [5, 5.41) is 15.1. The predicted molar refractivity (Wildman–Crippen MR) is 139 cm³/mol. The minimum atomic E-state index is -0.463. The summed E-state index contributed by atoms with van der Waals surface area (Å²) in [6.45, 7) is 0.514. The van der Waals surface area contributed by atoms with Crippen molar-refractivity contribution in [1.29, 1.82) is 0 Å². The van der Waals surface area contributed by atoms with Gasteiger partial charge in [-0.15, -0.1) is 0 Å². The topological polar surface area (TPSA) is 92.6 Å². The van der Waals surface area contributed by atoms with Gasteiger partial charge in [0.1, 0.15) is 5.69 Å². The highest BCUT2D eigenvalue weighted by Gasteiger charge is 2.49. The maximum Gasteiger partial charge on any atom is 0.294 e. The Hall–Kier alpha value is -4.00. The van der Waals surface area contributed by atoms with Gasteiger partial charge in [-0.1, -0.05) is 73.5 Å². The van der Waals surface area contributed by atoms with Gasteiger partial charge in [0.2, 0.25) is 11.8 Å². The van der Waals surface area contributed by atoms with Crippen molar-refractivity contribution in [3.8, 4) is 0 Å². The van der Waals surface area contributed by atoms with Crippen molar-refractivity contribution < 1.29 is 14.5 Å². The minimum absolute atomic E-state index is 0.140. The molecule has 1 saturated carbocycles. The van der Waals surface area contributed by atoms with Crippen LogP contribution in [0, 0.1) is 22.0 Å². The van der Waals surface area contributed by atoms with Gasteiger partial charge in [-0.3, -0.25) is 19.7 Å². The standard InChI is InChI=1S/C29H29N3O4/c33-28-24-13-7-8-14-25(24)29(34)31(28)22-15-16-26(27(19-22)32(35)36)30-18-17-23(20-9-3-1-4-10-20)21-11-5-2-6-12-21/h1-6,9-12,15-16,19,23-25,30H,7-8,13-14,17-18H2. The number of carbonyl (C=O) groups is 2. The van der Waals surface area contributed by atoms with E-state index in [1.54, 1.807) is 12.1 Å². The zero-order valence-corrected chi connectivity index (χ0v) is 20.0. The fourth-order valence-corrected chi connectivity index (χ4v) is 5.62. The predicted octanol–water partition coefficient (Wildman–Crippen LogP) is 5.91. The van der Waals surface area contributed by atoms with Crippen molar-refractivity contribution in [2.24, 2.45) is 11.8 Å². The Balaban J connectivity index is 1.34. The van der Waals surface area contributed by atoms with Crippen LogP contribution in [0.25, 0.3) is 0 Å². The van der Waals surface area contributed by atoms with Gasteiger partial charge in [0, 0.05) is 18.5 Å². The molecule has 1 saturated heterocycles. The van der Waals surface area contributed by atoms with Crippen molar-refractivity contribution in [2.45, 2.75) is 38.0 Å². The third-order valence-electron chi connectivity index (χ3n) is 7.43. The first-order valence-corrected chi connectivity index (χ1v) is 12.5. The first-order valence-electron chi connectivity index (χ1n) is 12.5. The summed E-state index contributed by atoms with van der Waals surface area (Å²) in [7, 11) is 0. The molecular formula is C29H29N3O4. The zero-order chi connectivity index (χ0) is 25.1. The van der Waals surface area contributed by atoms with E-state index < -0.39 is 4.92 Å². The first kappa shape index (κ1) is 23.7. The Kier molecular flexibility index (Phi) is 6.80. The zero-order valence-electron chi connectivity index (χ0n) is 20.0. The summed E-state index contributed by atoms with van der Waals surface area (Å²) in [5.74, 6) is -0.907. The lowest BCUT2D eigenvalue weighted by atomic mass is 9.81. The van der Waals surface area contributed by atoms with Crippen molar-refractivity contribution in [1.82, 2.24) is 0 Å². The normalized spacial score (nSPS) is 19.4. The van der Waals surface area contributed by atoms with E-state index in [0.717, 1.165) is 24.2 Å². The minimum Gasteiger partial charge on any atom is -0.379 e. The number of nitro groups is 1. The number of hydrogen-bond acceptors (Lipinski definition) is 5. The summed E-state index contributed by atoms with van der Waals surface area (Å²) in [4.78, 5) is 38.5. The molecule has 0 spiro atoms. The molecule has 2 amide bonds. The van der Waals surface area contributed by atoms with Crippen LogP contribution in [0.1, 0.15) is 49.1 Å². The Morgan fingerprint density at radius 3 is 1.94 bits per heavy atom. The van der Waals surface area contributed by atoms with E-state index in [1.807, 2.05) is 36.4 Å². The highest BCUT2D eigenvalue weighted by Crippen LogP contribution is 2.41. The van der Waals surface area contributed by atoms with Crippen LogP contribution in [-0.2, 0) is 9.59 Å². The number of nitrogens with one attached hydrogen (secondary N) is 1. The molecule has 3 aromatic carbocycles. The third kappa shape index (κ3) is 4.61. The van der Waals surface area contributed by atoms with Gasteiger partial charge in [-0.05, 0) is 42.5 Å². The van der Waals surface area contributed by atoms with Crippen molar-refractivity contribution >= 4 is 28.9 Å². The van der Waals surface area contributed by atoms with Crippen molar-refractivity contribution in [3.63, 3.8) is 0 Å². The summed E-state index contributed by atoms with van der Waals surface area (Å²) in [5.41, 5.74) is 2.88. The van der Waals surface area contributed by atoms with Gasteiger partial charge in [0.15, 0.2) is 0 Å². The highest BCUT2D eigenvalue weighted by atomic mass is 16.6. The summed E-state index contributed by atoms with van der Waals surface area (Å²) in [6, 6.07) is 25.0. The van der Waals surface area contributed by atoms with Gasteiger partial charge < -0.3 is 5.32 Å². The largest absolute Gasteiger partial charge is 0.379 e. The number of imide groups is 1. The lowest BCUT2D eigenvalue weighted by Crippen LogP contribution is -2.30. The van der Waals surface area contributed by atoms with Gasteiger partial charge in [0.25, 0.3) is 5.69 Å². The number of amides is 2. The number of anilines is 2. The molecule has 0 radical (unpaired) electrons. The van der Waals surface area contributed by atoms with Crippen LogP contribution in [0.3, 0.4) is 0 Å². The SMILES string of the molecule is O=C1C2CCCCC2C(=O)N1c1ccc(NCCC(c2ccccc2)c2ccccc2)c([N+](=O)[O-])c1. The molecule has 0 aromatic heterocycles. The smallest absolute Gasteiger partial charge is 0.294 e. The maximum absolute atomic E-state index is 13.0. The molecule has 2 unspecified atom stereocenters. The van der Waals surface area contributed by atoms with E-state index in [2.05, 4.69) is 29.6 Å². The molecule has 1 heterocycles. The number of nitro benzene ring substituents is 1. The number of benzene rings is 3. The summed E-state index contributed by atoms with van der Waals surface area (Å²) in [6.07, 6.45) is 4.02. The average Bonchev–Trinajstić information content (AvgIpc) is 3.17. The second-order valence-corrected chi connectivity index (χ2v) is 9.56. The Bertz CT molecular complexity index is 1200. The Labute approximate surface area is 210 Å². The number of hydrogen-bond donors (Lipinski definition) is 1. The maximum atomic E-state index is 13.0. The fourth-order valence-electron chi connectivity index (χ4n) is 5.62. The van der Waals surface area contributed by atoms with Gasteiger partial charge >= 0.3 is 0 Å². The molecule has 2 fully saturated rings. The molecule has 7 nitrogen and oxygen atoms in total. The van der Waals surface area contributed by atoms with Crippen molar-refractivity contribution in [2.75, 3.05) is 16.8 Å². The molecular weight excluding hydrogens is 454 g/mol. The summed E-state index contributed by atoms with van der Waals surface area (Å²) >= 11 is 0. The Morgan fingerprint density at radius 1 is 0.861 bits per heavy atom. The highest BCUT2D eigenvalue weighted by molar-refractivity contribution is 6.22. The monoisotopic (exact) mass is 483 g/mol. The molecule has 184 valence electrons. The Morgan fingerprint density at radius 2 is 1.42 bits per heavy atom. The molecule has 1 N–H and O–H groups in total. The molecule has 1 aliphatic carbocycles.